The third-order valence-corrected chi connectivity index (χ3v) is 6.01. The predicted octanol–water partition coefficient (Wildman–Crippen LogP) is 3.68. The molecule has 0 aromatic heterocycles. The summed E-state index contributed by atoms with van der Waals surface area (Å²) in [6.07, 6.45) is 1.79. The van der Waals surface area contributed by atoms with E-state index in [1.54, 1.807) is 32.4 Å². The van der Waals surface area contributed by atoms with E-state index in [0.717, 1.165) is 18.4 Å². The van der Waals surface area contributed by atoms with Crippen LogP contribution in [-0.2, 0) is 4.79 Å². The van der Waals surface area contributed by atoms with Gasteiger partial charge in [-0.05, 0) is 42.5 Å². The first-order valence-corrected chi connectivity index (χ1v) is 9.96. The summed E-state index contributed by atoms with van der Waals surface area (Å²) in [4.78, 5) is 28.3. The summed E-state index contributed by atoms with van der Waals surface area (Å²) in [5.41, 5.74) is 2.08. The van der Waals surface area contributed by atoms with Crippen LogP contribution in [0.4, 0.5) is 5.69 Å². The van der Waals surface area contributed by atoms with Crippen molar-refractivity contribution in [1.29, 1.82) is 0 Å². The molecule has 0 spiro atoms. The van der Waals surface area contributed by atoms with E-state index >= 15 is 0 Å². The van der Waals surface area contributed by atoms with Crippen molar-refractivity contribution in [3.63, 3.8) is 0 Å². The number of methoxy groups -OCH3 is 2. The number of ether oxygens (including phenoxy) is 2. The maximum Gasteiger partial charge on any atom is 0.254 e. The maximum atomic E-state index is 13.4. The molecule has 2 aliphatic heterocycles. The summed E-state index contributed by atoms with van der Waals surface area (Å²) in [5, 5.41) is 3.03. The zero-order valence-electron chi connectivity index (χ0n) is 17.0. The molecule has 0 radical (unpaired) electrons. The number of hydrogen-bond acceptors (Lipinski definition) is 4. The molecule has 1 fully saturated rings. The monoisotopic (exact) mass is 394 g/mol. The van der Waals surface area contributed by atoms with E-state index in [2.05, 4.69) is 12.2 Å². The van der Waals surface area contributed by atoms with Gasteiger partial charge in [0.25, 0.3) is 5.91 Å². The number of nitrogens with one attached hydrogen (secondary N) is 1. The smallest absolute Gasteiger partial charge is 0.254 e. The zero-order valence-corrected chi connectivity index (χ0v) is 17.0. The van der Waals surface area contributed by atoms with E-state index < -0.39 is 5.92 Å². The van der Waals surface area contributed by atoms with Crippen LogP contribution in [0.15, 0.2) is 42.5 Å². The van der Waals surface area contributed by atoms with Crippen LogP contribution in [0.3, 0.4) is 0 Å². The second kappa shape index (κ2) is 7.78. The summed E-state index contributed by atoms with van der Waals surface area (Å²) < 4.78 is 10.6. The van der Waals surface area contributed by atoms with Gasteiger partial charge in [0.05, 0.1) is 20.1 Å². The van der Waals surface area contributed by atoms with Crippen LogP contribution >= 0.6 is 0 Å². The van der Waals surface area contributed by atoms with Gasteiger partial charge in [-0.3, -0.25) is 9.59 Å². The first kappa shape index (κ1) is 19.3. The molecule has 4 rings (SSSR count). The van der Waals surface area contributed by atoms with Crippen molar-refractivity contribution in [1.82, 2.24) is 4.90 Å². The number of fused-ring (bicyclic) bond motifs is 2. The molecule has 3 unspecified atom stereocenters. The van der Waals surface area contributed by atoms with Crippen LogP contribution < -0.4 is 14.8 Å². The number of nitrogens with zero attached hydrogens (tertiary/aromatic N) is 1. The number of carbonyl (C=O) groups excluding carboxylic acids is 2. The Morgan fingerprint density at radius 3 is 2.62 bits per heavy atom. The summed E-state index contributed by atoms with van der Waals surface area (Å²) in [6.45, 7) is 2.88. The number of anilines is 1. The quantitative estimate of drug-likeness (QED) is 0.859. The van der Waals surface area contributed by atoms with Crippen molar-refractivity contribution < 1.29 is 19.1 Å². The second-order valence-electron chi connectivity index (χ2n) is 7.82. The molecule has 6 nitrogen and oxygen atoms in total. The van der Waals surface area contributed by atoms with E-state index in [1.807, 2.05) is 29.2 Å². The summed E-state index contributed by atoms with van der Waals surface area (Å²) in [6, 6.07) is 12.7. The number of amides is 2. The van der Waals surface area contributed by atoms with Crippen LogP contribution in [-0.4, -0.2) is 43.5 Å². The SMILES string of the molecule is COc1ccc(NC(=O)C2c3ccccc3C(=O)N3CCC(C)CC23)cc1OC. The van der Waals surface area contributed by atoms with Gasteiger partial charge in [-0.15, -0.1) is 0 Å². The lowest BCUT2D eigenvalue weighted by Gasteiger charge is -2.46. The molecular formula is C23H26N2O4. The van der Waals surface area contributed by atoms with Gasteiger partial charge in [-0.25, -0.2) is 0 Å². The van der Waals surface area contributed by atoms with E-state index in [9.17, 15) is 9.59 Å². The highest BCUT2D eigenvalue weighted by Crippen LogP contribution is 2.40. The van der Waals surface area contributed by atoms with Gasteiger partial charge in [-0.1, -0.05) is 25.1 Å². The highest BCUT2D eigenvalue weighted by Gasteiger charge is 2.45. The lowest BCUT2D eigenvalue weighted by molar-refractivity contribution is -0.119. The summed E-state index contributed by atoms with van der Waals surface area (Å²) in [5.74, 6) is 1.16. The highest BCUT2D eigenvalue weighted by molar-refractivity contribution is 6.04. The normalized spacial score (nSPS) is 23.1. The number of piperidine rings is 1. The summed E-state index contributed by atoms with van der Waals surface area (Å²) in [7, 11) is 3.14. The van der Waals surface area contributed by atoms with Gasteiger partial charge >= 0.3 is 0 Å². The number of rotatable bonds is 4. The average Bonchev–Trinajstić information content (AvgIpc) is 2.73. The van der Waals surface area contributed by atoms with Crippen LogP contribution in [0.2, 0.25) is 0 Å². The van der Waals surface area contributed by atoms with Crippen LogP contribution in [0.25, 0.3) is 0 Å². The Morgan fingerprint density at radius 1 is 1.10 bits per heavy atom. The highest BCUT2D eigenvalue weighted by atomic mass is 16.5. The standard InChI is InChI=1S/C23H26N2O4/c1-14-10-11-25-18(12-14)21(16-6-4-5-7-17(16)23(25)27)22(26)24-15-8-9-19(28-2)20(13-15)29-3/h4-9,13-14,18,21H,10-12H2,1-3H3,(H,24,26). The van der Waals surface area contributed by atoms with E-state index in [4.69, 9.17) is 9.47 Å². The zero-order chi connectivity index (χ0) is 20.5. The van der Waals surface area contributed by atoms with Crippen molar-refractivity contribution in [2.24, 2.45) is 5.92 Å². The van der Waals surface area contributed by atoms with Gasteiger partial charge in [0.1, 0.15) is 0 Å². The van der Waals surface area contributed by atoms with Crippen molar-refractivity contribution in [2.75, 3.05) is 26.1 Å². The topological polar surface area (TPSA) is 67.9 Å². The minimum absolute atomic E-state index is 0.0349. The van der Waals surface area contributed by atoms with Gasteiger partial charge in [0.2, 0.25) is 5.91 Å². The molecule has 2 aliphatic rings. The van der Waals surface area contributed by atoms with Crippen LogP contribution in [0, 0.1) is 5.92 Å². The van der Waals surface area contributed by atoms with Crippen LogP contribution in [0.5, 0.6) is 11.5 Å². The Morgan fingerprint density at radius 2 is 1.86 bits per heavy atom. The van der Waals surface area contributed by atoms with Gasteiger partial charge in [-0.2, -0.15) is 0 Å². The Bertz CT molecular complexity index is 942. The molecule has 6 heteroatoms. The van der Waals surface area contributed by atoms with E-state index in [1.165, 1.54) is 0 Å². The Balaban J connectivity index is 1.69. The lowest BCUT2D eigenvalue weighted by atomic mass is 9.76. The fourth-order valence-electron chi connectivity index (χ4n) is 4.53. The fourth-order valence-corrected chi connectivity index (χ4v) is 4.53. The molecule has 3 atom stereocenters. The molecule has 2 aromatic rings. The Labute approximate surface area is 170 Å². The van der Waals surface area contributed by atoms with Gasteiger partial charge in [0, 0.05) is 29.9 Å². The second-order valence-corrected chi connectivity index (χ2v) is 7.82. The molecule has 0 saturated carbocycles. The molecule has 152 valence electrons. The number of benzene rings is 2. The predicted molar refractivity (Wildman–Crippen MR) is 111 cm³/mol. The molecule has 2 aromatic carbocycles. The Kier molecular flexibility index (Phi) is 5.18. The third kappa shape index (κ3) is 3.43. The average molecular weight is 394 g/mol. The van der Waals surface area contributed by atoms with Crippen molar-refractivity contribution in [2.45, 2.75) is 31.7 Å². The minimum Gasteiger partial charge on any atom is -0.493 e. The summed E-state index contributed by atoms with van der Waals surface area (Å²) >= 11 is 0. The first-order valence-electron chi connectivity index (χ1n) is 9.96. The van der Waals surface area contributed by atoms with Crippen LogP contribution in [0.1, 0.15) is 41.6 Å². The first-order chi connectivity index (χ1) is 14.0. The lowest BCUT2D eigenvalue weighted by Crippen LogP contribution is -2.54. The number of hydrogen-bond donors (Lipinski definition) is 1. The van der Waals surface area contributed by atoms with Crippen molar-refractivity contribution >= 4 is 17.5 Å². The molecule has 1 saturated heterocycles. The molecular weight excluding hydrogens is 368 g/mol. The van der Waals surface area contributed by atoms with Gasteiger partial charge in [0.15, 0.2) is 11.5 Å². The maximum absolute atomic E-state index is 13.4. The molecule has 2 heterocycles. The van der Waals surface area contributed by atoms with E-state index in [0.29, 0.717) is 35.2 Å². The molecule has 29 heavy (non-hydrogen) atoms. The third-order valence-electron chi connectivity index (χ3n) is 6.01. The number of carbonyl (C=O) groups is 2. The molecule has 2 amide bonds. The largest absolute Gasteiger partial charge is 0.493 e. The fraction of sp³-hybridized carbons (Fsp3) is 0.391. The molecule has 0 bridgehead atoms. The van der Waals surface area contributed by atoms with Crippen molar-refractivity contribution in [3.8, 4) is 11.5 Å². The van der Waals surface area contributed by atoms with Crippen molar-refractivity contribution in [3.05, 3.63) is 53.6 Å². The molecule has 1 N–H and O–H groups in total. The van der Waals surface area contributed by atoms with Gasteiger partial charge < -0.3 is 19.7 Å². The molecule has 0 aliphatic carbocycles. The Hall–Kier alpha value is -3.02. The minimum atomic E-state index is -0.403. The van der Waals surface area contributed by atoms with E-state index in [-0.39, 0.29) is 17.9 Å².